The molecule has 0 aliphatic rings. The molecule has 1 heterocycles. The number of nitriles is 1. The van der Waals surface area contributed by atoms with Gasteiger partial charge < -0.3 is 4.74 Å². The van der Waals surface area contributed by atoms with Crippen molar-refractivity contribution in [1.82, 2.24) is 9.97 Å². The third-order valence-corrected chi connectivity index (χ3v) is 4.25. The van der Waals surface area contributed by atoms with E-state index in [1.54, 1.807) is 30.3 Å². The smallest absolute Gasteiger partial charge is 0.416 e. The number of hydrazone groups is 1. The van der Waals surface area contributed by atoms with Crippen molar-refractivity contribution in [3.63, 3.8) is 0 Å². The molecular weight excluding hydrogens is 423 g/mol. The number of aromatic nitrogens is 2. The van der Waals surface area contributed by atoms with Crippen LogP contribution in [0.4, 0.5) is 19.1 Å². The van der Waals surface area contributed by atoms with Crippen LogP contribution in [-0.2, 0) is 6.18 Å². The Balaban J connectivity index is 1.93. The van der Waals surface area contributed by atoms with E-state index in [0.29, 0.717) is 18.6 Å². The molecule has 0 fully saturated rings. The van der Waals surface area contributed by atoms with Gasteiger partial charge in [-0.2, -0.15) is 23.5 Å². The fourth-order valence-electron chi connectivity index (χ4n) is 2.77. The first-order valence-corrected chi connectivity index (χ1v) is 9.56. The summed E-state index contributed by atoms with van der Waals surface area (Å²) in [5.74, 6) is 0.156. The summed E-state index contributed by atoms with van der Waals surface area (Å²) in [4.78, 5) is 18.9. The molecule has 0 radical (unpaired) electrons. The maximum atomic E-state index is 13.1. The van der Waals surface area contributed by atoms with E-state index in [-0.39, 0.29) is 28.5 Å². The lowest BCUT2D eigenvalue weighted by molar-refractivity contribution is -0.137. The molecular formula is C22H18F3N5O2. The molecule has 3 aromatic rings. The van der Waals surface area contributed by atoms with Crippen molar-refractivity contribution in [2.45, 2.75) is 19.5 Å². The molecule has 0 amide bonds. The lowest BCUT2D eigenvalue weighted by atomic mass is 10.1. The summed E-state index contributed by atoms with van der Waals surface area (Å²) in [7, 11) is 0. The molecule has 0 atom stereocenters. The Morgan fingerprint density at radius 3 is 2.66 bits per heavy atom. The number of hydrogen-bond acceptors (Lipinski definition) is 6. The van der Waals surface area contributed by atoms with Gasteiger partial charge in [-0.3, -0.25) is 9.78 Å². The molecule has 3 rings (SSSR count). The van der Waals surface area contributed by atoms with E-state index < -0.39 is 17.3 Å². The van der Waals surface area contributed by atoms with Gasteiger partial charge in [-0.25, -0.2) is 10.4 Å². The predicted molar refractivity (Wildman–Crippen MR) is 113 cm³/mol. The van der Waals surface area contributed by atoms with Gasteiger partial charge in [0.05, 0.1) is 24.1 Å². The van der Waals surface area contributed by atoms with Crippen LogP contribution in [0.5, 0.6) is 5.75 Å². The van der Waals surface area contributed by atoms with E-state index in [2.05, 4.69) is 20.5 Å². The second kappa shape index (κ2) is 9.78. The summed E-state index contributed by atoms with van der Waals surface area (Å²) < 4.78 is 44.7. The number of benzene rings is 2. The van der Waals surface area contributed by atoms with Crippen molar-refractivity contribution in [3.8, 4) is 23.1 Å². The van der Waals surface area contributed by atoms with Crippen LogP contribution in [-0.4, -0.2) is 22.8 Å². The van der Waals surface area contributed by atoms with Gasteiger partial charge in [0.15, 0.2) is 0 Å². The van der Waals surface area contributed by atoms with Gasteiger partial charge in [-0.15, -0.1) is 0 Å². The summed E-state index contributed by atoms with van der Waals surface area (Å²) in [6.07, 6.45) is -2.71. The molecule has 0 saturated carbocycles. The Bertz CT molecular complexity index is 1210. The lowest BCUT2D eigenvalue weighted by Gasteiger charge is -2.12. The first-order chi connectivity index (χ1) is 15.3. The van der Waals surface area contributed by atoms with Crippen molar-refractivity contribution in [3.05, 3.63) is 75.6 Å². The quantitative estimate of drug-likeness (QED) is 0.413. The number of H-pyrrole nitrogens is 1. The number of anilines is 1. The van der Waals surface area contributed by atoms with Gasteiger partial charge in [0, 0.05) is 11.1 Å². The average molecular weight is 441 g/mol. The van der Waals surface area contributed by atoms with E-state index >= 15 is 0 Å². The third-order valence-electron chi connectivity index (χ3n) is 4.25. The molecule has 0 saturated heterocycles. The van der Waals surface area contributed by atoms with Gasteiger partial charge in [0.25, 0.3) is 5.56 Å². The summed E-state index contributed by atoms with van der Waals surface area (Å²) in [6.45, 7) is 2.20. The van der Waals surface area contributed by atoms with Gasteiger partial charge in [-0.1, -0.05) is 37.3 Å². The van der Waals surface area contributed by atoms with Crippen LogP contribution in [0.3, 0.4) is 0 Å². The largest absolute Gasteiger partial charge is 0.493 e. The first-order valence-electron chi connectivity index (χ1n) is 9.56. The van der Waals surface area contributed by atoms with Crippen LogP contribution in [0, 0.1) is 11.3 Å². The highest BCUT2D eigenvalue weighted by Gasteiger charge is 2.31. The highest BCUT2D eigenvalue weighted by molar-refractivity contribution is 5.84. The average Bonchev–Trinajstić information content (AvgIpc) is 2.77. The van der Waals surface area contributed by atoms with Crippen LogP contribution in [0.25, 0.3) is 11.3 Å². The Morgan fingerprint density at radius 2 is 2.00 bits per heavy atom. The van der Waals surface area contributed by atoms with E-state index in [9.17, 15) is 23.2 Å². The molecule has 7 nitrogen and oxygen atoms in total. The molecule has 164 valence electrons. The van der Waals surface area contributed by atoms with Crippen molar-refractivity contribution < 1.29 is 17.9 Å². The zero-order chi connectivity index (χ0) is 23.1. The fourth-order valence-corrected chi connectivity index (χ4v) is 2.77. The van der Waals surface area contributed by atoms with Crippen LogP contribution in [0.15, 0.2) is 58.4 Å². The Morgan fingerprint density at radius 1 is 1.25 bits per heavy atom. The van der Waals surface area contributed by atoms with E-state index in [1.807, 2.05) is 13.0 Å². The Kier molecular flexibility index (Phi) is 6.90. The second-order valence-corrected chi connectivity index (χ2v) is 6.58. The number of hydrogen-bond donors (Lipinski definition) is 2. The molecule has 2 aromatic carbocycles. The standard InChI is InChI=1S/C22H18F3N5O2/c1-2-10-32-18-9-8-16(22(23,24)25)11-15(18)13-27-30-21-28-19(14-6-4-3-5-7-14)17(12-26)20(31)29-21/h3-9,11,13H,2,10H2,1H3,(H2,28,29,30,31). The van der Waals surface area contributed by atoms with Gasteiger partial charge in [0.1, 0.15) is 17.4 Å². The number of nitrogens with zero attached hydrogens (tertiary/aromatic N) is 3. The lowest BCUT2D eigenvalue weighted by Crippen LogP contribution is -2.16. The summed E-state index contributed by atoms with van der Waals surface area (Å²) in [5.41, 5.74) is 1.60. The van der Waals surface area contributed by atoms with Crippen molar-refractivity contribution in [2.24, 2.45) is 5.10 Å². The minimum atomic E-state index is -4.52. The monoisotopic (exact) mass is 441 g/mol. The SMILES string of the molecule is CCCOc1ccc(C(F)(F)F)cc1C=NNc1nc(-c2ccccc2)c(C#N)c(=O)[nH]1. The maximum absolute atomic E-state index is 13.1. The van der Waals surface area contributed by atoms with E-state index in [0.717, 1.165) is 18.3 Å². The molecule has 32 heavy (non-hydrogen) atoms. The molecule has 0 aliphatic carbocycles. The number of alkyl halides is 3. The molecule has 1 aromatic heterocycles. The number of aromatic amines is 1. The predicted octanol–water partition coefficient (Wildman–Crippen LogP) is 4.56. The van der Waals surface area contributed by atoms with Crippen LogP contribution < -0.4 is 15.7 Å². The fraction of sp³-hybridized carbons (Fsp3) is 0.182. The first kappa shape index (κ1) is 22.6. The molecule has 0 aliphatic heterocycles. The Hall–Kier alpha value is -4.13. The van der Waals surface area contributed by atoms with E-state index in [1.165, 1.54) is 6.07 Å². The molecule has 0 spiro atoms. The van der Waals surface area contributed by atoms with Gasteiger partial charge in [-0.05, 0) is 24.6 Å². The summed E-state index contributed by atoms with van der Waals surface area (Å²) in [5, 5.41) is 13.2. The highest BCUT2D eigenvalue weighted by atomic mass is 19.4. The van der Waals surface area contributed by atoms with Gasteiger partial charge >= 0.3 is 6.18 Å². The van der Waals surface area contributed by atoms with Crippen molar-refractivity contribution in [2.75, 3.05) is 12.0 Å². The minimum Gasteiger partial charge on any atom is -0.493 e. The Labute approximate surface area is 181 Å². The van der Waals surface area contributed by atoms with Crippen molar-refractivity contribution >= 4 is 12.2 Å². The van der Waals surface area contributed by atoms with E-state index in [4.69, 9.17) is 4.74 Å². The minimum absolute atomic E-state index is 0.0768. The number of ether oxygens (including phenoxy) is 1. The topological polar surface area (TPSA) is 103 Å². The molecule has 2 N–H and O–H groups in total. The number of rotatable bonds is 7. The summed E-state index contributed by atoms with van der Waals surface area (Å²) in [6, 6.07) is 13.5. The van der Waals surface area contributed by atoms with Crippen LogP contribution >= 0.6 is 0 Å². The normalized spacial score (nSPS) is 11.3. The van der Waals surface area contributed by atoms with Crippen LogP contribution in [0.2, 0.25) is 0 Å². The zero-order valence-corrected chi connectivity index (χ0v) is 16.9. The molecule has 0 unspecified atom stereocenters. The highest BCUT2D eigenvalue weighted by Crippen LogP contribution is 2.32. The second-order valence-electron chi connectivity index (χ2n) is 6.58. The number of halogens is 3. The third kappa shape index (κ3) is 5.31. The van der Waals surface area contributed by atoms with Crippen molar-refractivity contribution in [1.29, 1.82) is 5.26 Å². The molecule has 10 heteroatoms. The number of nitrogens with one attached hydrogen (secondary N) is 2. The summed E-state index contributed by atoms with van der Waals surface area (Å²) >= 11 is 0. The maximum Gasteiger partial charge on any atom is 0.416 e. The van der Waals surface area contributed by atoms with Gasteiger partial charge in [0.2, 0.25) is 5.95 Å². The van der Waals surface area contributed by atoms with Crippen LogP contribution in [0.1, 0.15) is 30.0 Å². The zero-order valence-electron chi connectivity index (χ0n) is 16.9. The molecule has 0 bridgehead atoms.